The van der Waals surface area contributed by atoms with Crippen LogP contribution < -0.4 is 14.2 Å². The maximum Gasteiger partial charge on any atom is 0.460 e. The van der Waals surface area contributed by atoms with Crippen LogP contribution >= 0.6 is 0 Å². The zero-order valence-corrected chi connectivity index (χ0v) is 24.0. The maximum atomic E-state index is 13.9. The largest absolute Gasteiger partial charge is 0.494 e. The first kappa shape index (κ1) is 38.8. The summed E-state index contributed by atoms with van der Waals surface area (Å²) in [6, 6.07) is 11.2. The van der Waals surface area contributed by atoms with Crippen molar-refractivity contribution >= 4 is 5.97 Å². The Bertz CT molecular complexity index is 1250. The number of hydrogen-bond donors (Lipinski definition) is 0. The summed E-state index contributed by atoms with van der Waals surface area (Å²) in [7, 11) is 0. The van der Waals surface area contributed by atoms with Crippen LogP contribution in [0.15, 0.2) is 48.5 Å². The third-order valence-corrected chi connectivity index (χ3v) is 6.54. The van der Waals surface area contributed by atoms with E-state index in [0.29, 0.717) is 12.4 Å². The average molecular weight is 689 g/mol. The van der Waals surface area contributed by atoms with Gasteiger partial charge in [-0.1, -0.05) is 26.2 Å². The molecule has 0 aromatic heterocycles. The second-order valence-corrected chi connectivity index (χ2v) is 10.1. The molecule has 4 nitrogen and oxygen atoms in total. The van der Waals surface area contributed by atoms with Gasteiger partial charge in [-0.15, -0.1) is 0 Å². The Morgan fingerprint density at radius 3 is 1.46 bits per heavy atom. The van der Waals surface area contributed by atoms with Crippen molar-refractivity contribution < 1.29 is 76.1 Å². The smallest absolute Gasteiger partial charge is 0.460 e. The first-order chi connectivity index (χ1) is 21.1. The standard InChI is InChI=1S/C29H29F13O4/c1-2-3-4-6-17-44-20-10-8-19(9-11-20)23(43)46-22-14-12-21(13-15-22)45-18-7-5-16-24(30,31)25(32,33)26(34,35)27(36,37)28(38,39)29(40,41)42/h8-15H,2-7,16-18H2,1H3. The van der Waals surface area contributed by atoms with Crippen LogP contribution in [0.2, 0.25) is 0 Å². The summed E-state index contributed by atoms with van der Waals surface area (Å²) in [5.41, 5.74) is 0.205. The number of carbonyl (C=O) groups is 1. The van der Waals surface area contributed by atoms with Crippen molar-refractivity contribution in [2.75, 3.05) is 13.2 Å². The lowest BCUT2D eigenvalue weighted by molar-refractivity contribution is -0.440. The van der Waals surface area contributed by atoms with Crippen LogP contribution in [0.1, 0.15) is 62.2 Å². The molecule has 260 valence electrons. The Hall–Kier alpha value is -3.40. The summed E-state index contributed by atoms with van der Waals surface area (Å²) in [6.07, 6.45) is -7.31. The first-order valence-corrected chi connectivity index (χ1v) is 13.8. The molecule has 0 aliphatic heterocycles. The van der Waals surface area contributed by atoms with Gasteiger partial charge < -0.3 is 14.2 Å². The van der Waals surface area contributed by atoms with E-state index in [1.54, 1.807) is 12.1 Å². The molecule has 2 aromatic rings. The predicted octanol–water partition coefficient (Wildman–Crippen LogP) is 10.2. The van der Waals surface area contributed by atoms with E-state index in [0.717, 1.165) is 25.7 Å². The third kappa shape index (κ3) is 8.69. The monoisotopic (exact) mass is 688 g/mol. The molecule has 0 aliphatic rings. The molecule has 0 aliphatic carbocycles. The van der Waals surface area contributed by atoms with Crippen LogP contribution in [-0.2, 0) is 0 Å². The fourth-order valence-corrected chi connectivity index (χ4v) is 3.77. The quantitative estimate of drug-likeness (QED) is 0.0677. The fraction of sp³-hybridized carbons (Fsp3) is 0.552. The number of halogens is 13. The number of ether oxygens (including phenoxy) is 3. The lowest BCUT2D eigenvalue weighted by Crippen LogP contribution is -2.70. The van der Waals surface area contributed by atoms with E-state index in [2.05, 4.69) is 6.92 Å². The summed E-state index contributed by atoms with van der Waals surface area (Å²) in [5, 5.41) is 0. The Morgan fingerprint density at radius 1 is 0.543 bits per heavy atom. The van der Waals surface area contributed by atoms with Gasteiger partial charge in [0.1, 0.15) is 17.2 Å². The van der Waals surface area contributed by atoms with E-state index in [1.165, 1.54) is 36.4 Å². The van der Waals surface area contributed by atoms with Crippen LogP contribution in [0.3, 0.4) is 0 Å². The highest BCUT2D eigenvalue weighted by Gasteiger charge is 2.90. The number of hydrogen-bond acceptors (Lipinski definition) is 4. The molecule has 0 amide bonds. The zero-order chi connectivity index (χ0) is 35.0. The Morgan fingerprint density at radius 2 is 0.978 bits per heavy atom. The van der Waals surface area contributed by atoms with Crippen molar-refractivity contribution in [1.82, 2.24) is 0 Å². The molecule has 0 atom stereocenters. The average Bonchev–Trinajstić information content (AvgIpc) is 2.97. The summed E-state index contributed by atoms with van der Waals surface area (Å²) in [4.78, 5) is 12.4. The molecule has 0 bridgehead atoms. The minimum absolute atomic E-state index is 0.0397. The number of benzene rings is 2. The van der Waals surface area contributed by atoms with E-state index in [9.17, 15) is 61.9 Å². The molecule has 0 N–H and O–H groups in total. The second kappa shape index (κ2) is 15.0. The van der Waals surface area contributed by atoms with Crippen molar-refractivity contribution in [1.29, 1.82) is 0 Å². The third-order valence-electron chi connectivity index (χ3n) is 6.54. The van der Waals surface area contributed by atoms with E-state index >= 15 is 0 Å². The number of rotatable bonds is 18. The molecule has 0 unspecified atom stereocenters. The van der Waals surface area contributed by atoms with Crippen LogP contribution in [0.5, 0.6) is 17.2 Å². The van der Waals surface area contributed by atoms with Gasteiger partial charge in [0.2, 0.25) is 0 Å². The van der Waals surface area contributed by atoms with Gasteiger partial charge in [0.15, 0.2) is 0 Å². The molecule has 2 aromatic carbocycles. The molecule has 2 rings (SSSR count). The highest BCUT2D eigenvalue weighted by Crippen LogP contribution is 2.60. The topological polar surface area (TPSA) is 44.8 Å². The SMILES string of the molecule is CCCCCCOc1ccc(C(=O)Oc2ccc(OCCCCC(F)(F)C(F)(F)C(F)(F)C(F)(F)C(F)(F)C(F)(F)F)cc2)cc1. The summed E-state index contributed by atoms with van der Waals surface area (Å²) in [5.74, 6) is -36.9. The second-order valence-electron chi connectivity index (χ2n) is 10.1. The summed E-state index contributed by atoms with van der Waals surface area (Å²) >= 11 is 0. The Kier molecular flexibility index (Phi) is 12.7. The lowest BCUT2D eigenvalue weighted by Gasteiger charge is -2.39. The number of alkyl halides is 13. The molecule has 0 fully saturated rings. The predicted molar refractivity (Wildman–Crippen MR) is 138 cm³/mol. The van der Waals surface area contributed by atoms with Crippen LogP contribution in [0.25, 0.3) is 0 Å². The Labute approximate surface area is 254 Å². The van der Waals surface area contributed by atoms with E-state index in [-0.39, 0.29) is 17.1 Å². The molecule has 0 radical (unpaired) electrons. The van der Waals surface area contributed by atoms with Gasteiger partial charge in [0.25, 0.3) is 0 Å². The van der Waals surface area contributed by atoms with Gasteiger partial charge >= 0.3 is 41.8 Å². The minimum atomic E-state index is -7.92. The van der Waals surface area contributed by atoms with E-state index in [1.807, 2.05) is 0 Å². The number of esters is 1. The van der Waals surface area contributed by atoms with Gasteiger partial charge in [-0.25, -0.2) is 4.79 Å². The first-order valence-electron chi connectivity index (χ1n) is 13.8. The van der Waals surface area contributed by atoms with Gasteiger partial charge in [0, 0.05) is 6.42 Å². The van der Waals surface area contributed by atoms with Gasteiger partial charge in [-0.2, -0.15) is 57.1 Å². The number of carbonyl (C=O) groups excluding carboxylic acids is 1. The highest BCUT2D eigenvalue weighted by molar-refractivity contribution is 5.91. The van der Waals surface area contributed by atoms with Gasteiger partial charge in [-0.3, -0.25) is 0 Å². The van der Waals surface area contributed by atoms with Crippen LogP contribution in [0.4, 0.5) is 57.1 Å². The normalized spacial score (nSPS) is 13.4. The molecule has 0 heterocycles. The molecule has 0 spiro atoms. The fourth-order valence-electron chi connectivity index (χ4n) is 3.77. The van der Waals surface area contributed by atoms with Gasteiger partial charge in [0.05, 0.1) is 18.8 Å². The van der Waals surface area contributed by atoms with Crippen molar-refractivity contribution in [3.63, 3.8) is 0 Å². The number of unbranched alkanes of at least 4 members (excludes halogenated alkanes) is 4. The van der Waals surface area contributed by atoms with Crippen molar-refractivity contribution in [3.8, 4) is 17.2 Å². The highest BCUT2D eigenvalue weighted by atomic mass is 19.4. The summed E-state index contributed by atoms with van der Waals surface area (Å²) < 4.78 is 187. The molecule has 17 heteroatoms. The molecule has 0 saturated carbocycles. The van der Waals surface area contributed by atoms with Gasteiger partial charge in [-0.05, 0) is 67.8 Å². The van der Waals surface area contributed by atoms with Crippen LogP contribution in [0, 0.1) is 0 Å². The molecule has 46 heavy (non-hydrogen) atoms. The summed E-state index contributed by atoms with van der Waals surface area (Å²) in [6.45, 7) is 2.09. The van der Waals surface area contributed by atoms with Crippen molar-refractivity contribution in [2.24, 2.45) is 0 Å². The Balaban J connectivity index is 1.86. The van der Waals surface area contributed by atoms with Crippen molar-refractivity contribution in [2.45, 2.75) is 87.7 Å². The maximum absolute atomic E-state index is 13.9. The lowest BCUT2D eigenvalue weighted by atomic mass is 9.92. The zero-order valence-electron chi connectivity index (χ0n) is 24.0. The van der Waals surface area contributed by atoms with E-state index in [4.69, 9.17) is 14.2 Å². The minimum Gasteiger partial charge on any atom is -0.494 e. The van der Waals surface area contributed by atoms with Crippen molar-refractivity contribution in [3.05, 3.63) is 54.1 Å². The van der Waals surface area contributed by atoms with E-state index < -0.39 is 67.6 Å². The molecule has 0 saturated heterocycles. The van der Waals surface area contributed by atoms with Crippen LogP contribution in [-0.4, -0.2) is 55.0 Å². The molecular weight excluding hydrogens is 659 g/mol. The molecular formula is C29H29F13O4.